The van der Waals surface area contributed by atoms with Crippen molar-refractivity contribution in [2.75, 3.05) is 0 Å². The summed E-state index contributed by atoms with van der Waals surface area (Å²) in [5.74, 6) is 0.672. The molecule has 1 heterocycles. The fourth-order valence-corrected chi connectivity index (χ4v) is 1.56. The highest BCUT2D eigenvalue weighted by Gasteiger charge is 2.10. The van der Waals surface area contributed by atoms with Crippen LogP contribution in [0.5, 0.6) is 0 Å². The van der Waals surface area contributed by atoms with Crippen LogP contribution in [-0.4, -0.2) is 16.2 Å². The van der Waals surface area contributed by atoms with Crippen LogP contribution in [-0.2, 0) is 6.42 Å². The summed E-state index contributed by atoms with van der Waals surface area (Å²) in [6.45, 7) is 3.63. The summed E-state index contributed by atoms with van der Waals surface area (Å²) in [6, 6.07) is 4.98. The standard InChI is InChI=1S/C13H16FN3O/c1-8-3-5-10(7-11(8)14)13-16-12(18-17-13)6-4-9(2)15/h3,5,7,9H,4,6,15H2,1-2H3. The summed E-state index contributed by atoms with van der Waals surface area (Å²) in [7, 11) is 0. The molecule has 2 N–H and O–H groups in total. The van der Waals surface area contributed by atoms with Crippen LogP contribution in [0.15, 0.2) is 22.7 Å². The lowest BCUT2D eigenvalue weighted by atomic mass is 10.1. The van der Waals surface area contributed by atoms with Crippen LogP contribution < -0.4 is 5.73 Å². The zero-order valence-electron chi connectivity index (χ0n) is 10.5. The predicted octanol–water partition coefficient (Wildman–Crippen LogP) is 2.46. The van der Waals surface area contributed by atoms with Gasteiger partial charge in [-0.25, -0.2) is 4.39 Å². The Morgan fingerprint density at radius 2 is 2.22 bits per heavy atom. The summed E-state index contributed by atoms with van der Waals surface area (Å²) < 4.78 is 18.5. The Bertz CT molecular complexity index is 537. The van der Waals surface area contributed by atoms with E-state index in [4.69, 9.17) is 10.3 Å². The van der Waals surface area contributed by atoms with Gasteiger partial charge in [-0.1, -0.05) is 17.3 Å². The fraction of sp³-hybridized carbons (Fsp3) is 0.385. The van der Waals surface area contributed by atoms with Crippen molar-refractivity contribution in [3.63, 3.8) is 0 Å². The van der Waals surface area contributed by atoms with Gasteiger partial charge in [0.05, 0.1) is 0 Å². The van der Waals surface area contributed by atoms with Crippen molar-refractivity contribution in [3.05, 3.63) is 35.5 Å². The van der Waals surface area contributed by atoms with E-state index in [1.165, 1.54) is 6.07 Å². The van der Waals surface area contributed by atoms with Gasteiger partial charge in [0.2, 0.25) is 11.7 Å². The molecule has 1 atom stereocenters. The third-order valence-electron chi connectivity index (χ3n) is 2.71. The Morgan fingerprint density at radius 3 is 2.89 bits per heavy atom. The molecule has 5 heteroatoms. The van der Waals surface area contributed by atoms with Crippen molar-refractivity contribution < 1.29 is 8.91 Å². The summed E-state index contributed by atoms with van der Waals surface area (Å²) in [4.78, 5) is 4.22. The van der Waals surface area contributed by atoms with Crippen molar-refractivity contribution in [1.82, 2.24) is 10.1 Å². The molecule has 0 aliphatic carbocycles. The van der Waals surface area contributed by atoms with Crippen LogP contribution in [0.25, 0.3) is 11.4 Å². The van der Waals surface area contributed by atoms with E-state index >= 15 is 0 Å². The average Bonchev–Trinajstić information content (AvgIpc) is 2.79. The van der Waals surface area contributed by atoms with E-state index in [0.717, 1.165) is 6.42 Å². The summed E-state index contributed by atoms with van der Waals surface area (Å²) in [5.41, 5.74) is 6.87. The van der Waals surface area contributed by atoms with E-state index in [9.17, 15) is 4.39 Å². The number of rotatable bonds is 4. The highest BCUT2D eigenvalue weighted by molar-refractivity contribution is 5.54. The molecule has 1 unspecified atom stereocenters. The van der Waals surface area contributed by atoms with E-state index in [0.29, 0.717) is 29.3 Å². The first-order valence-electron chi connectivity index (χ1n) is 5.91. The van der Waals surface area contributed by atoms with Crippen molar-refractivity contribution in [3.8, 4) is 11.4 Å². The van der Waals surface area contributed by atoms with Crippen LogP contribution in [0, 0.1) is 12.7 Å². The molecular weight excluding hydrogens is 233 g/mol. The fourth-order valence-electron chi connectivity index (χ4n) is 1.56. The lowest BCUT2D eigenvalue weighted by Crippen LogP contribution is -2.15. The quantitative estimate of drug-likeness (QED) is 0.904. The second-order valence-corrected chi connectivity index (χ2v) is 4.49. The molecule has 96 valence electrons. The van der Waals surface area contributed by atoms with Crippen LogP contribution in [0.1, 0.15) is 24.8 Å². The highest BCUT2D eigenvalue weighted by Crippen LogP contribution is 2.19. The van der Waals surface area contributed by atoms with Crippen molar-refractivity contribution >= 4 is 0 Å². The number of aromatic nitrogens is 2. The molecule has 0 saturated heterocycles. The molecular formula is C13H16FN3O. The lowest BCUT2D eigenvalue weighted by molar-refractivity contribution is 0.372. The smallest absolute Gasteiger partial charge is 0.227 e. The maximum atomic E-state index is 13.4. The minimum Gasteiger partial charge on any atom is -0.339 e. The van der Waals surface area contributed by atoms with E-state index in [2.05, 4.69) is 10.1 Å². The zero-order chi connectivity index (χ0) is 13.1. The van der Waals surface area contributed by atoms with E-state index in [-0.39, 0.29) is 11.9 Å². The number of nitrogens with two attached hydrogens (primary N) is 1. The largest absolute Gasteiger partial charge is 0.339 e. The number of nitrogens with zero attached hydrogens (tertiary/aromatic N) is 2. The second kappa shape index (κ2) is 5.27. The average molecular weight is 249 g/mol. The van der Waals surface area contributed by atoms with Gasteiger partial charge in [-0.2, -0.15) is 4.98 Å². The SMILES string of the molecule is Cc1ccc(-c2noc(CCC(C)N)n2)cc1F. The second-order valence-electron chi connectivity index (χ2n) is 4.49. The Hall–Kier alpha value is -1.75. The number of hydrogen-bond acceptors (Lipinski definition) is 4. The molecule has 2 rings (SSSR count). The molecule has 0 amide bonds. The number of benzene rings is 1. The van der Waals surface area contributed by atoms with Crippen LogP contribution >= 0.6 is 0 Å². The van der Waals surface area contributed by atoms with Crippen LogP contribution in [0.4, 0.5) is 4.39 Å². The van der Waals surface area contributed by atoms with Crippen LogP contribution in [0.3, 0.4) is 0 Å². The van der Waals surface area contributed by atoms with Crippen LogP contribution in [0.2, 0.25) is 0 Å². The molecule has 0 radical (unpaired) electrons. The monoisotopic (exact) mass is 249 g/mol. The van der Waals surface area contributed by atoms with Gasteiger partial charge in [0.25, 0.3) is 0 Å². The van der Waals surface area contributed by atoms with Gasteiger partial charge < -0.3 is 10.3 Å². The number of aryl methyl sites for hydroxylation is 2. The summed E-state index contributed by atoms with van der Waals surface area (Å²) in [5, 5.41) is 3.84. The molecule has 0 aliphatic heterocycles. The van der Waals surface area contributed by atoms with Gasteiger partial charge in [0.15, 0.2) is 0 Å². The first kappa shape index (κ1) is 12.7. The Balaban J connectivity index is 2.16. The lowest BCUT2D eigenvalue weighted by Gasteiger charge is -1.99. The van der Waals surface area contributed by atoms with Crippen molar-refractivity contribution in [2.45, 2.75) is 32.7 Å². The molecule has 1 aromatic carbocycles. The molecule has 0 saturated carbocycles. The maximum absolute atomic E-state index is 13.4. The molecule has 0 bridgehead atoms. The van der Waals surface area contributed by atoms with Gasteiger partial charge in [-0.15, -0.1) is 0 Å². The molecule has 0 fully saturated rings. The normalized spacial score (nSPS) is 12.7. The topological polar surface area (TPSA) is 64.9 Å². The van der Waals surface area contributed by atoms with Gasteiger partial charge in [0, 0.05) is 18.0 Å². The van der Waals surface area contributed by atoms with E-state index < -0.39 is 0 Å². The van der Waals surface area contributed by atoms with E-state index in [1.54, 1.807) is 19.1 Å². The van der Waals surface area contributed by atoms with Gasteiger partial charge in [-0.05, 0) is 31.9 Å². The van der Waals surface area contributed by atoms with Gasteiger partial charge in [0.1, 0.15) is 5.82 Å². The third-order valence-corrected chi connectivity index (χ3v) is 2.71. The highest BCUT2D eigenvalue weighted by atomic mass is 19.1. The number of hydrogen-bond donors (Lipinski definition) is 1. The minimum atomic E-state index is -0.269. The Morgan fingerprint density at radius 1 is 1.44 bits per heavy atom. The maximum Gasteiger partial charge on any atom is 0.227 e. The predicted molar refractivity (Wildman–Crippen MR) is 66.4 cm³/mol. The molecule has 2 aromatic rings. The van der Waals surface area contributed by atoms with Gasteiger partial charge in [-0.3, -0.25) is 0 Å². The summed E-state index contributed by atoms with van der Waals surface area (Å²) >= 11 is 0. The Kier molecular flexibility index (Phi) is 3.72. The van der Waals surface area contributed by atoms with Gasteiger partial charge >= 0.3 is 0 Å². The first-order chi connectivity index (χ1) is 8.56. The van der Waals surface area contributed by atoms with Crippen molar-refractivity contribution in [2.24, 2.45) is 5.73 Å². The molecule has 0 spiro atoms. The molecule has 0 aliphatic rings. The number of halogens is 1. The summed E-state index contributed by atoms with van der Waals surface area (Å²) in [6.07, 6.45) is 1.42. The minimum absolute atomic E-state index is 0.0946. The third kappa shape index (κ3) is 2.92. The zero-order valence-corrected chi connectivity index (χ0v) is 10.5. The molecule has 4 nitrogen and oxygen atoms in total. The van der Waals surface area contributed by atoms with E-state index in [1.807, 2.05) is 6.92 Å². The molecule has 18 heavy (non-hydrogen) atoms. The Labute approximate surface area is 105 Å². The van der Waals surface area contributed by atoms with Crippen molar-refractivity contribution in [1.29, 1.82) is 0 Å². The molecule has 1 aromatic heterocycles. The first-order valence-corrected chi connectivity index (χ1v) is 5.91.